The number of rotatable bonds is 6. The standard InChI is InChI=1S/2C4H10N.Al.Li/c2*1-3-5-4-2;;/h2*3-4H2,1-2H3;;/q2*-1;+2;. The van der Waals surface area contributed by atoms with Gasteiger partial charge in [0.05, 0.1) is 0 Å². The minimum atomic E-state index is 0. The third-order valence-corrected chi connectivity index (χ3v) is 4.07. The molecule has 0 N–H and O–H groups in total. The van der Waals surface area contributed by atoms with Gasteiger partial charge in [0.1, 0.15) is 0 Å². The Kier molecular flexibility index (Phi) is 13.1. The van der Waals surface area contributed by atoms with E-state index in [9.17, 15) is 0 Å². The molecule has 0 atom stereocenters. The van der Waals surface area contributed by atoms with E-state index < -0.39 is 0 Å². The van der Waals surface area contributed by atoms with Gasteiger partial charge >= 0.3 is 15.7 Å². The number of hydrogen-bond acceptors (Lipinski definition) is 2. The van der Waals surface area contributed by atoms with E-state index in [1.165, 1.54) is 26.2 Å². The molecule has 66 valence electrons. The zero-order chi connectivity index (χ0) is 8.69. The molecule has 0 amide bonds. The van der Waals surface area contributed by atoms with E-state index in [0.717, 1.165) is 0 Å². The molecular weight excluding hydrogens is 158 g/mol. The van der Waals surface area contributed by atoms with E-state index in [0.29, 0.717) is 15.7 Å². The summed E-state index contributed by atoms with van der Waals surface area (Å²) in [6, 6.07) is 0. The quantitative estimate of drug-likeness (QED) is 0.556. The molecule has 2 nitrogen and oxygen atoms in total. The van der Waals surface area contributed by atoms with Crippen molar-refractivity contribution in [1.29, 1.82) is 0 Å². The predicted octanol–water partition coefficient (Wildman–Crippen LogP) is 0.823. The summed E-state index contributed by atoms with van der Waals surface area (Å²) in [5.41, 5.74) is 0. The first kappa shape index (κ1) is 15.5. The molecule has 0 spiro atoms. The molecule has 0 saturated carbocycles. The first-order valence-electron chi connectivity index (χ1n) is 4.61. The Balaban J connectivity index is 0. The van der Waals surface area contributed by atoms with Gasteiger partial charge < -0.3 is 7.77 Å². The van der Waals surface area contributed by atoms with Crippen molar-refractivity contribution in [3.8, 4) is 0 Å². The van der Waals surface area contributed by atoms with Crippen molar-refractivity contribution in [3.63, 3.8) is 0 Å². The van der Waals surface area contributed by atoms with E-state index in [4.69, 9.17) is 0 Å². The first-order valence-corrected chi connectivity index (χ1v) is 5.64. The zero-order valence-corrected chi connectivity index (χ0v) is 10.5. The summed E-state index contributed by atoms with van der Waals surface area (Å²) in [5, 5.41) is 0. The fourth-order valence-electron chi connectivity index (χ4n) is 1.00. The largest absolute Gasteiger partial charge is 0.455 e. The molecular formula is C8H20AlLiN2. The average Bonchev–Trinajstić information content (AvgIpc) is 2.07. The molecule has 0 unspecified atom stereocenters. The molecule has 0 aromatic carbocycles. The molecule has 4 heteroatoms. The monoisotopic (exact) mass is 178 g/mol. The second-order valence-electron chi connectivity index (χ2n) is 2.56. The summed E-state index contributed by atoms with van der Waals surface area (Å²) in [6.07, 6.45) is 0. The van der Waals surface area contributed by atoms with Gasteiger partial charge in [-0.25, -0.2) is 0 Å². The van der Waals surface area contributed by atoms with Crippen LogP contribution in [-0.4, -0.2) is 68.5 Å². The molecule has 0 bridgehead atoms. The summed E-state index contributed by atoms with van der Waals surface area (Å²) in [6.45, 7) is 13.7. The second kappa shape index (κ2) is 10.1. The fraction of sp³-hybridized carbons (Fsp3) is 1.00. The van der Waals surface area contributed by atoms with Crippen LogP contribution in [0, 0.1) is 0 Å². The Labute approximate surface area is 96.0 Å². The number of nitrogens with zero attached hydrogens (tertiary/aromatic N) is 2. The molecule has 0 aromatic rings. The van der Waals surface area contributed by atoms with Crippen LogP contribution in [0.3, 0.4) is 0 Å². The van der Waals surface area contributed by atoms with Gasteiger partial charge in [0, 0.05) is 18.9 Å². The molecule has 0 fully saturated rings. The van der Waals surface area contributed by atoms with E-state index in [-0.39, 0.29) is 18.9 Å². The number of hydrogen-bond donors (Lipinski definition) is 0. The zero-order valence-electron chi connectivity index (χ0n) is 9.30. The van der Waals surface area contributed by atoms with E-state index in [1.54, 1.807) is 0 Å². The summed E-state index contributed by atoms with van der Waals surface area (Å²) in [4.78, 5) is 0. The van der Waals surface area contributed by atoms with Gasteiger partial charge in [0.25, 0.3) is 0 Å². The maximum atomic E-state index is 2.52. The van der Waals surface area contributed by atoms with Crippen molar-refractivity contribution < 1.29 is 0 Å². The van der Waals surface area contributed by atoms with Gasteiger partial charge in [-0.2, -0.15) is 0 Å². The summed E-state index contributed by atoms with van der Waals surface area (Å²) >= 11 is 0.394. The maximum Gasteiger partial charge on any atom is 0.455 e. The van der Waals surface area contributed by atoms with Crippen LogP contribution >= 0.6 is 0 Å². The second-order valence-corrected chi connectivity index (χ2v) is 4.25. The van der Waals surface area contributed by atoms with E-state index in [2.05, 4.69) is 35.5 Å². The van der Waals surface area contributed by atoms with Gasteiger partial charge in [0.2, 0.25) is 0 Å². The first-order chi connectivity index (χ1) is 5.28. The van der Waals surface area contributed by atoms with Gasteiger partial charge in [-0.1, -0.05) is 27.7 Å². The Morgan fingerprint density at radius 2 is 1.00 bits per heavy atom. The van der Waals surface area contributed by atoms with Crippen LogP contribution in [0.1, 0.15) is 27.7 Å². The molecule has 12 heavy (non-hydrogen) atoms. The SMILES string of the molecule is CC[N](CC)[Al][N](CC)CC.[Li]. The van der Waals surface area contributed by atoms with Crippen LogP contribution in [0.25, 0.3) is 0 Å². The van der Waals surface area contributed by atoms with E-state index >= 15 is 0 Å². The molecule has 0 saturated heterocycles. The van der Waals surface area contributed by atoms with Gasteiger partial charge in [-0.3, -0.25) is 0 Å². The predicted molar refractivity (Wildman–Crippen MR) is 57.4 cm³/mol. The average molecular weight is 178 g/mol. The maximum absolute atomic E-state index is 2.52. The Bertz CT molecular complexity index is 75.1. The third kappa shape index (κ3) is 6.55. The molecule has 0 aliphatic carbocycles. The van der Waals surface area contributed by atoms with Crippen molar-refractivity contribution in [2.75, 3.05) is 26.2 Å². The Morgan fingerprint density at radius 1 is 0.750 bits per heavy atom. The molecule has 0 aliphatic rings. The summed E-state index contributed by atoms with van der Waals surface area (Å²) in [5.74, 6) is 0. The molecule has 0 aliphatic heterocycles. The molecule has 0 aromatic heterocycles. The van der Waals surface area contributed by atoms with Crippen LogP contribution < -0.4 is 0 Å². The van der Waals surface area contributed by atoms with Crippen molar-refractivity contribution in [2.45, 2.75) is 27.7 Å². The van der Waals surface area contributed by atoms with Gasteiger partial charge in [-0.15, -0.1) is 0 Å². The summed E-state index contributed by atoms with van der Waals surface area (Å²) in [7, 11) is 0. The van der Waals surface area contributed by atoms with Gasteiger partial charge in [0.15, 0.2) is 0 Å². The Hall–Kier alpha value is 1.05. The van der Waals surface area contributed by atoms with Crippen LogP contribution in [0.4, 0.5) is 0 Å². The van der Waals surface area contributed by atoms with Crippen molar-refractivity contribution >= 4 is 34.5 Å². The summed E-state index contributed by atoms with van der Waals surface area (Å²) < 4.78 is 5.04. The van der Waals surface area contributed by atoms with Crippen molar-refractivity contribution in [3.05, 3.63) is 0 Å². The minimum absolute atomic E-state index is 0. The molecule has 0 rings (SSSR count). The topological polar surface area (TPSA) is 6.48 Å². The third-order valence-electron chi connectivity index (χ3n) is 1.95. The Morgan fingerprint density at radius 3 is 1.17 bits per heavy atom. The van der Waals surface area contributed by atoms with Crippen LogP contribution in [-0.2, 0) is 0 Å². The fourth-order valence-corrected chi connectivity index (χ4v) is 2.12. The van der Waals surface area contributed by atoms with Gasteiger partial charge in [-0.05, 0) is 26.2 Å². The minimum Gasteiger partial charge on any atom is -0.378 e. The van der Waals surface area contributed by atoms with Crippen molar-refractivity contribution in [2.24, 2.45) is 0 Å². The van der Waals surface area contributed by atoms with Crippen LogP contribution in [0.5, 0.6) is 0 Å². The smallest absolute Gasteiger partial charge is 0.378 e. The van der Waals surface area contributed by atoms with Crippen molar-refractivity contribution in [1.82, 2.24) is 7.77 Å². The molecule has 0 heterocycles. The molecule has 2 radical (unpaired) electrons. The van der Waals surface area contributed by atoms with Crippen LogP contribution in [0.2, 0.25) is 0 Å². The van der Waals surface area contributed by atoms with Crippen LogP contribution in [0.15, 0.2) is 0 Å². The normalized spacial score (nSPS) is 10.2. The van der Waals surface area contributed by atoms with E-state index in [1.807, 2.05) is 0 Å².